The maximum absolute atomic E-state index is 14.5. The van der Waals surface area contributed by atoms with Crippen LogP contribution in [0.15, 0.2) is 121 Å². The van der Waals surface area contributed by atoms with Gasteiger partial charge >= 0.3 is 0 Å². The van der Waals surface area contributed by atoms with Crippen LogP contribution in [0.2, 0.25) is 0 Å². The highest BCUT2D eigenvalue weighted by Gasteiger charge is 2.29. The van der Waals surface area contributed by atoms with Crippen LogP contribution < -0.4 is 9.05 Å². The molecule has 0 radical (unpaired) electrons. The standard InChI is InChI=1S/C38H40O4P2/c1-29-8-16-33(17-9-29)25-43(39,26-34-18-10-30(2)11-19-34)41-37-6-5-7-38(24-37)42-44(40,27-35-20-12-31(3)13-21-35)28-36-22-14-32(4)15-23-36/h5-24H,25-28H2,1-4H3. The predicted molar refractivity (Wildman–Crippen MR) is 182 cm³/mol. The van der Waals surface area contributed by atoms with Crippen molar-refractivity contribution in [1.29, 1.82) is 0 Å². The Morgan fingerprint density at radius 3 is 0.909 bits per heavy atom. The highest BCUT2D eigenvalue weighted by Crippen LogP contribution is 2.56. The fourth-order valence-electron chi connectivity index (χ4n) is 5.10. The van der Waals surface area contributed by atoms with Gasteiger partial charge in [0.05, 0.1) is 24.6 Å². The molecule has 0 aliphatic rings. The number of hydrogen-bond acceptors (Lipinski definition) is 4. The Balaban J connectivity index is 1.42. The van der Waals surface area contributed by atoms with Crippen LogP contribution in [0.1, 0.15) is 44.5 Å². The molecule has 5 aromatic rings. The van der Waals surface area contributed by atoms with Crippen molar-refractivity contribution in [2.75, 3.05) is 0 Å². The summed E-state index contributed by atoms with van der Waals surface area (Å²) < 4.78 is 41.8. The van der Waals surface area contributed by atoms with Gasteiger partial charge in [-0.3, -0.25) is 9.13 Å². The molecule has 0 heterocycles. The van der Waals surface area contributed by atoms with Crippen molar-refractivity contribution in [1.82, 2.24) is 0 Å². The highest BCUT2D eigenvalue weighted by molar-refractivity contribution is 7.58. The molecule has 0 N–H and O–H groups in total. The monoisotopic (exact) mass is 622 g/mol. The van der Waals surface area contributed by atoms with Gasteiger partial charge in [-0.2, -0.15) is 0 Å². The van der Waals surface area contributed by atoms with Gasteiger partial charge in [0.2, 0.25) is 0 Å². The second kappa shape index (κ2) is 13.9. The van der Waals surface area contributed by atoms with Crippen molar-refractivity contribution >= 4 is 14.7 Å². The van der Waals surface area contributed by atoms with Crippen molar-refractivity contribution in [3.63, 3.8) is 0 Å². The third-order valence-corrected chi connectivity index (χ3v) is 12.0. The molecule has 44 heavy (non-hydrogen) atoms. The van der Waals surface area contributed by atoms with Gasteiger partial charge in [-0.1, -0.05) is 125 Å². The molecule has 0 fully saturated rings. The Bertz CT molecular complexity index is 1540. The second-order valence-corrected chi connectivity index (χ2v) is 16.7. The molecule has 0 atom stereocenters. The third kappa shape index (κ3) is 9.08. The molecule has 0 unspecified atom stereocenters. The van der Waals surface area contributed by atoms with Crippen LogP contribution in [0, 0.1) is 27.7 Å². The van der Waals surface area contributed by atoms with Crippen molar-refractivity contribution in [2.24, 2.45) is 0 Å². The van der Waals surface area contributed by atoms with E-state index in [1.807, 2.05) is 125 Å². The van der Waals surface area contributed by atoms with Crippen LogP contribution in [-0.2, 0) is 33.8 Å². The molecule has 0 aliphatic carbocycles. The number of aryl methyl sites for hydroxylation is 4. The lowest BCUT2D eigenvalue weighted by Gasteiger charge is -2.23. The van der Waals surface area contributed by atoms with E-state index in [9.17, 15) is 9.13 Å². The van der Waals surface area contributed by atoms with E-state index in [1.165, 1.54) is 0 Å². The van der Waals surface area contributed by atoms with Crippen LogP contribution >= 0.6 is 14.7 Å². The molecule has 0 spiro atoms. The molecular formula is C38H40O4P2. The number of rotatable bonds is 12. The van der Waals surface area contributed by atoms with Gasteiger partial charge < -0.3 is 9.05 Å². The van der Waals surface area contributed by atoms with Crippen molar-refractivity contribution in [2.45, 2.75) is 52.3 Å². The van der Waals surface area contributed by atoms with E-state index in [-0.39, 0.29) is 0 Å². The Morgan fingerprint density at radius 2 is 0.659 bits per heavy atom. The Labute approximate surface area is 262 Å². The second-order valence-electron chi connectivity index (χ2n) is 11.9. The van der Waals surface area contributed by atoms with Crippen LogP contribution in [0.4, 0.5) is 0 Å². The van der Waals surface area contributed by atoms with E-state index in [2.05, 4.69) is 0 Å². The Hall–Kier alpha value is -3.84. The summed E-state index contributed by atoms with van der Waals surface area (Å²) in [5.41, 5.74) is 8.42. The number of benzene rings is 5. The fourth-order valence-corrected chi connectivity index (χ4v) is 9.65. The smallest absolute Gasteiger partial charge is 0.256 e. The molecule has 0 aromatic heterocycles. The van der Waals surface area contributed by atoms with Crippen LogP contribution in [0.25, 0.3) is 0 Å². The summed E-state index contributed by atoms with van der Waals surface area (Å²) in [6.45, 7) is 8.14. The van der Waals surface area contributed by atoms with E-state index >= 15 is 0 Å². The molecule has 0 bridgehead atoms. The summed E-state index contributed by atoms with van der Waals surface area (Å²) in [4.78, 5) is 0. The molecule has 6 heteroatoms. The normalized spacial score (nSPS) is 11.7. The van der Waals surface area contributed by atoms with Gasteiger partial charge in [-0.15, -0.1) is 0 Å². The first-order valence-corrected chi connectivity index (χ1v) is 18.9. The Kier molecular flexibility index (Phi) is 9.94. The lowest BCUT2D eigenvalue weighted by molar-refractivity contribution is 0.469. The fraction of sp³-hybridized carbons (Fsp3) is 0.211. The van der Waals surface area contributed by atoms with Gasteiger partial charge in [0, 0.05) is 6.07 Å². The topological polar surface area (TPSA) is 52.6 Å². The summed E-state index contributed by atoms with van der Waals surface area (Å²) in [5.74, 6) is 0.865. The average molecular weight is 623 g/mol. The SMILES string of the molecule is Cc1ccc(CP(=O)(Cc2ccc(C)cc2)Oc2cccc(OP(=O)(Cc3ccc(C)cc3)Cc3ccc(C)cc3)c2)cc1. The molecule has 4 nitrogen and oxygen atoms in total. The maximum Gasteiger partial charge on any atom is 0.256 e. The summed E-state index contributed by atoms with van der Waals surface area (Å²) in [6, 6.07) is 39.4. The lowest BCUT2D eigenvalue weighted by Crippen LogP contribution is -2.03. The van der Waals surface area contributed by atoms with Crippen molar-refractivity contribution < 1.29 is 18.2 Å². The first kappa shape index (κ1) is 31.6. The minimum Gasteiger partial charge on any atom is -0.442 e. The molecule has 0 saturated heterocycles. The third-order valence-electron chi connectivity index (χ3n) is 7.53. The van der Waals surface area contributed by atoms with Crippen LogP contribution in [0.5, 0.6) is 11.5 Å². The largest absolute Gasteiger partial charge is 0.442 e. The Morgan fingerprint density at radius 1 is 0.409 bits per heavy atom. The highest BCUT2D eigenvalue weighted by atomic mass is 31.2. The molecule has 0 amide bonds. The molecule has 5 aromatic carbocycles. The quantitative estimate of drug-likeness (QED) is 0.130. The van der Waals surface area contributed by atoms with Gasteiger partial charge in [0.25, 0.3) is 14.7 Å². The van der Waals surface area contributed by atoms with E-state index < -0.39 is 14.7 Å². The van der Waals surface area contributed by atoms with Crippen LogP contribution in [0.3, 0.4) is 0 Å². The molecule has 0 aliphatic heterocycles. The van der Waals surface area contributed by atoms with E-state index in [0.29, 0.717) is 36.1 Å². The lowest BCUT2D eigenvalue weighted by atomic mass is 10.2. The number of hydrogen-bond donors (Lipinski definition) is 0. The van der Waals surface area contributed by atoms with E-state index in [1.54, 1.807) is 24.3 Å². The zero-order valence-electron chi connectivity index (χ0n) is 25.9. The van der Waals surface area contributed by atoms with Crippen molar-refractivity contribution in [3.05, 3.63) is 166 Å². The first-order chi connectivity index (χ1) is 21.0. The van der Waals surface area contributed by atoms with E-state index in [4.69, 9.17) is 9.05 Å². The molecule has 5 rings (SSSR count). The summed E-state index contributed by atoms with van der Waals surface area (Å²) in [5, 5.41) is 0. The predicted octanol–water partition coefficient (Wildman–Crippen LogP) is 11.0. The zero-order chi connectivity index (χ0) is 31.2. The van der Waals surface area contributed by atoms with Gasteiger partial charge in [0.15, 0.2) is 0 Å². The van der Waals surface area contributed by atoms with Crippen LogP contribution in [-0.4, -0.2) is 0 Å². The minimum absolute atomic E-state index is 0.297. The van der Waals surface area contributed by atoms with E-state index in [0.717, 1.165) is 44.5 Å². The molecule has 226 valence electrons. The van der Waals surface area contributed by atoms with Crippen molar-refractivity contribution in [3.8, 4) is 11.5 Å². The molecular weight excluding hydrogens is 582 g/mol. The average Bonchev–Trinajstić information content (AvgIpc) is 2.98. The minimum atomic E-state index is -3.23. The van der Waals surface area contributed by atoms with Gasteiger partial charge in [-0.25, -0.2) is 0 Å². The van der Waals surface area contributed by atoms with Gasteiger partial charge in [-0.05, 0) is 62.1 Å². The first-order valence-electron chi connectivity index (χ1n) is 14.9. The van der Waals surface area contributed by atoms with Gasteiger partial charge in [0.1, 0.15) is 11.5 Å². The zero-order valence-corrected chi connectivity index (χ0v) is 27.7. The summed E-state index contributed by atoms with van der Waals surface area (Å²) >= 11 is 0. The summed E-state index contributed by atoms with van der Waals surface area (Å²) in [6.07, 6.45) is 1.19. The maximum atomic E-state index is 14.5. The summed E-state index contributed by atoms with van der Waals surface area (Å²) in [7, 11) is -6.46. The molecule has 0 saturated carbocycles.